The summed E-state index contributed by atoms with van der Waals surface area (Å²) in [5.41, 5.74) is 1.81. The van der Waals surface area contributed by atoms with Crippen LogP contribution in [0.2, 0.25) is 0 Å². The van der Waals surface area contributed by atoms with Gasteiger partial charge in [-0.25, -0.2) is 18.6 Å². The summed E-state index contributed by atoms with van der Waals surface area (Å²) in [4.78, 5) is 20.0. The molecule has 2 heterocycles. The molecule has 36 heavy (non-hydrogen) atoms. The van der Waals surface area contributed by atoms with Gasteiger partial charge in [0.05, 0.1) is 18.1 Å². The van der Waals surface area contributed by atoms with E-state index in [0.29, 0.717) is 25.3 Å². The van der Waals surface area contributed by atoms with Gasteiger partial charge in [-0.1, -0.05) is 66.7 Å². The minimum atomic E-state index is -1.00. The summed E-state index contributed by atoms with van der Waals surface area (Å²) in [7, 11) is 0. The first kappa shape index (κ1) is 23.3. The number of imidazole rings is 2. The third kappa shape index (κ3) is 4.84. The number of aromatic nitrogens is 4. The number of benzene rings is 3. The Morgan fingerprint density at radius 2 is 1.58 bits per heavy atom. The lowest BCUT2D eigenvalue weighted by molar-refractivity contribution is 0.508. The number of anilines is 1. The fourth-order valence-corrected chi connectivity index (χ4v) is 4.38. The van der Waals surface area contributed by atoms with Crippen LogP contribution in [0, 0.1) is 11.6 Å². The number of aryl methyl sites for hydroxylation is 1. The highest BCUT2D eigenvalue weighted by Crippen LogP contribution is 2.33. The Morgan fingerprint density at radius 3 is 2.22 bits per heavy atom. The first-order chi connectivity index (χ1) is 17.6. The first-order valence-electron chi connectivity index (χ1n) is 11.7. The minimum absolute atomic E-state index is 0.0124. The van der Waals surface area contributed by atoms with Gasteiger partial charge in [-0.2, -0.15) is 0 Å². The third-order valence-electron chi connectivity index (χ3n) is 6.10. The second kappa shape index (κ2) is 10.4. The molecule has 6 nitrogen and oxygen atoms in total. The Bertz CT molecular complexity index is 1440. The monoisotopic (exact) mass is 485 g/mol. The standard InChI is InChI=1S/C28H25F2N5O/c29-23-14-7-13-22(24(23)30)26-27(33-28(36)35(26)17-8-16-34-18-15-31-19-34)32-25(20-9-3-1-4-10-20)21-11-5-2-6-12-21/h1-7,9-15,18-19,25,32H,8,16-17H2,(H,33,36). The predicted octanol–water partition coefficient (Wildman–Crippen LogP) is 5.61. The fourth-order valence-electron chi connectivity index (χ4n) is 4.38. The Hall–Kier alpha value is -4.46. The van der Waals surface area contributed by atoms with E-state index in [1.54, 1.807) is 12.5 Å². The first-order valence-corrected chi connectivity index (χ1v) is 11.7. The van der Waals surface area contributed by atoms with Crippen molar-refractivity contribution in [2.24, 2.45) is 0 Å². The largest absolute Gasteiger partial charge is 0.359 e. The zero-order chi connectivity index (χ0) is 24.9. The molecular weight excluding hydrogens is 460 g/mol. The number of hydrogen-bond acceptors (Lipinski definition) is 3. The highest BCUT2D eigenvalue weighted by atomic mass is 19.2. The van der Waals surface area contributed by atoms with Gasteiger partial charge in [0.15, 0.2) is 11.6 Å². The maximum atomic E-state index is 15.0. The van der Waals surface area contributed by atoms with Gasteiger partial charge in [0.1, 0.15) is 5.82 Å². The molecule has 0 fully saturated rings. The van der Waals surface area contributed by atoms with Crippen LogP contribution >= 0.6 is 0 Å². The number of H-pyrrole nitrogens is 1. The summed E-state index contributed by atoms with van der Waals surface area (Å²) in [5.74, 6) is -1.65. The number of hydrogen-bond donors (Lipinski definition) is 2. The normalized spacial score (nSPS) is 11.2. The van der Waals surface area contributed by atoms with Crippen LogP contribution in [-0.2, 0) is 13.1 Å². The summed E-state index contributed by atoms with van der Waals surface area (Å²) in [5, 5.41) is 3.41. The van der Waals surface area contributed by atoms with Crippen LogP contribution in [0.15, 0.2) is 102 Å². The molecule has 0 atom stereocenters. The van der Waals surface area contributed by atoms with Crippen LogP contribution < -0.4 is 11.0 Å². The maximum Gasteiger partial charge on any atom is 0.327 e. The van der Waals surface area contributed by atoms with Crippen LogP contribution in [0.4, 0.5) is 14.6 Å². The number of nitrogens with one attached hydrogen (secondary N) is 2. The average molecular weight is 486 g/mol. The van der Waals surface area contributed by atoms with Gasteiger partial charge in [-0.3, -0.25) is 9.55 Å². The molecule has 0 unspecified atom stereocenters. The van der Waals surface area contributed by atoms with E-state index in [-0.39, 0.29) is 17.3 Å². The smallest absolute Gasteiger partial charge is 0.327 e. The van der Waals surface area contributed by atoms with Crippen molar-refractivity contribution in [3.05, 3.63) is 131 Å². The second-order valence-electron chi connectivity index (χ2n) is 8.46. The minimum Gasteiger partial charge on any atom is -0.359 e. The SMILES string of the molecule is O=c1[nH]c(NC(c2ccccc2)c2ccccc2)c(-c2cccc(F)c2F)n1CCCn1ccnc1. The number of nitrogens with zero attached hydrogens (tertiary/aromatic N) is 3. The van der Waals surface area contributed by atoms with Crippen LogP contribution in [-0.4, -0.2) is 19.1 Å². The van der Waals surface area contributed by atoms with Gasteiger partial charge in [-0.05, 0) is 29.7 Å². The van der Waals surface area contributed by atoms with Crippen LogP contribution in [0.25, 0.3) is 11.3 Å². The summed E-state index contributed by atoms with van der Waals surface area (Å²) in [6, 6.07) is 23.2. The van der Waals surface area contributed by atoms with E-state index in [1.807, 2.05) is 71.4 Å². The zero-order valence-electron chi connectivity index (χ0n) is 19.4. The van der Waals surface area contributed by atoms with Gasteiger partial charge >= 0.3 is 5.69 Å². The van der Waals surface area contributed by atoms with Crippen molar-refractivity contribution < 1.29 is 8.78 Å². The van der Waals surface area contributed by atoms with E-state index >= 15 is 4.39 Å². The molecule has 0 aliphatic rings. The second-order valence-corrected chi connectivity index (χ2v) is 8.46. The molecule has 3 aromatic carbocycles. The van der Waals surface area contributed by atoms with Gasteiger partial charge in [0, 0.05) is 31.0 Å². The lowest BCUT2D eigenvalue weighted by Crippen LogP contribution is -2.19. The number of aromatic amines is 1. The molecule has 5 aromatic rings. The number of halogens is 2. The van der Waals surface area contributed by atoms with Gasteiger partial charge < -0.3 is 9.88 Å². The molecule has 0 spiro atoms. The molecule has 0 radical (unpaired) electrons. The van der Waals surface area contributed by atoms with E-state index in [4.69, 9.17) is 0 Å². The van der Waals surface area contributed by atoms with E-state index in [1.165, 1.54) is 16.7 Å². The Balaban J connectivity index is 1.58. The van der Waals surface area contributed by atoms with Gasteiger partial charge in [0.2, 0.25) is 0 Å². The molecule has 0 aliphatic carbocycles. The van der Waals surface area contributed by atoms with Crippen LogP contribution in [0.1, 0.15) is 23.6 Å². The Kier molecular flexibility index (Phi) is 6.75. The third-order valence-corrected chi connectivity index (χ3v) is 6.10. The molecule has 0 aliphatic heterocycles. The topological polar surface area (TPSA) is 67.6 Å². The maximum absolute atomic E-state index is 15.0. The van der Waals surface area contributed by atoms with Crippen molar-refractivity contribution in [1.29, 1.82) is 0 Å². The van der Waals surface area contributed by atoms with Crippen molar-refractivity contribution >= 4 is 5.82 Å². The summed E-state index contributed by atoms with van der Waals surface area (Å²) >= 11 is 0. The van der Waals surface area contributed by atoms with Crippen molar-refractivity contribution in [3.8, 4) is 11.3 Å². The highest BCUT2D eigenvalue weighted by molar-refractivity contribution is 5.73. The molecule has 182 valence electrons. The lowest BCUT2D eigenvalue weighted by atomic mass is 9.98. The van der Waals surface area contributed by atoms with Crippen molar-refractivity contribution in [2.75, 3.05) is 5.32 Å². The molecule has 0 saturated carbocycles. The molecule has 2 aromatic heterocycles. The molecular formula is C28H25F2N5O. The predicted molar refractivity (Wildman–Crippen MR) is 136 cm³/mol. The van der Waals surface area contributed by atoms with Crippen molar-refractivity contribution in [2.45, 2.75) is 25.6 Å². The van der Waals surface area contributed by atoms with E-state index < -0.39 is 17.3 Å². The van der Waals surface area contributed by atoms with Crippen LogP contribution in [0.3, 0.4) is 0 Å². The summed E-state index contributed by atoms with van der Waals surface area (Å²) in [6.07, 6.45) is 5.82. The van der Waals surface area contributed by atoms with E-state index in [0.717, 1.165) is 17.2 Å². The zero-order valence-corrected chi connectivity index (χ0v) is 19.4. The summed E-state index contributed by atoms with van der Waals surface area (Å²) < 4.78 is 32.7. The molecule has 8 heteroatoms. The number of rotatable bonds is 9. The molecule has 5 rings (SSSR count). The molecule has 0 saturated heterocycles. The lowest BCUT2D eigenvalue weighted by Gasteiger charge is -2.21. The average Bonchev–Trinajstić information content (AvgIpc) is 3.53. The molecule has 2 N–H and O–H groups in total. The van der Waals surface area contributed by atoms with Crippen molar-refractivity contribution in [3.63, 3.8) is 0 Å². The quantitative estimate of drug-likeness (QED) is 0.285. The Morgan fingerprint density at radius 1 is 0.889 bits per heavy atom. The van der Waals surface area contributed by atoms with Gasteiger partial charge in [0.25, 0.3) is 0 Å². The van der Waals surface area contributed by atoms with Crippen LogP contribution in [0.5, 0.6) is 0 Å². The Labute approximate surface area is 206 Å². The fraction of sp³-hybridized carbons (Fsp3) is 0.143. The van der Waals surface area contributed by atoms with E-state index in [2.05, 4.69) is 15.3 Å². The molecule has 0 amide bonds. The van der Waals surface area contributed by atoms with E-state index in [9.17, 15) is 9.18 Å². The molecule has 0 bridgehead atoms. The van der Waals surface area contributed by atoms with Crippen molar-refractivity contribution in [1.82, 2.24) is 19.1 Å². The summed E-state index contributed by atoms with van der Waals surface area (Å²) in [6.45, 7) is 0.934. The highest BCUT2D eigenvalue weighted by Gasteiger charge is 2.24. The van der Waals surface area contributed by atoms with Gasteiger partial charge in [-0.15, -0.1) is 0 Å².